The lowest BCUT2D eigenvalue weighted by molar-refractivity contribution is -0.145. The van der Waals surface area contributed by atoms with E-state index < -0.39 is 5.97 Å². The van der Waals surface area contributed by atoms with Crippen LogP contribution in [-0.2, 0) is 14.4 Å². The molecule has 0 bridgehead atoms. The molecule has 3 N–H and O–H groups in total. The van der Waals surface area contributed by atoms with Crippen LogP contribution in [0.15, 0.2) is 0 Å². The van der Waals surface area contributed by atoms with Crippen LogP contribution in [0.4, 0.5) is 0 Å². The third-order valence-corrected chi connectivity index (χ3v) is 3.70. The molecule has 0 unspecified atom stereocenters. The maximum Gasteiger partial charge on any atom is 0.306 e. The summed E-state index contributed by atoms with van der Waals surface area (Å²) in [6.45, 7) is 1.22. The maximum absolute atomic E-state index is 11.9. The van der Waals surface area contributed by atoms with Crippen LogP contribution in [-0.4, -0.2) is 60.0 Å². The third-order valence-electron chi connectivity index (χ3n) is 3.70. The smallest absolute Gasteiger partial charge is 0.306 e. The standard InChI is InChI=1S/C13H21N3O4/c17-11(15-10-1-2-10)7-14-8-12(18)16-5-3-9(4-6-16)13(19)20/h9-10,14H,1-8H2,(H,15,17)(H,19,20). The van der Waals surface area contributed by atoms with Crippen LogP contribution in [0.1, 0.15) is 25.7 Å². The third kappa shape index (κ3) is 4.48. The van der Waals surface area contributed by atoms with Crippen molar-refractivity contribution in [2.45, 2.75) is 31.7 Å². The first-order chi connectivity index (χ1) is 9.56. The van der Waals surface area contributed by atoms with Gasteiger partial charge in [0.2, 0.25) is 11.8 Å². The number of likely N-dealkylation sites (tertiary alicyclic amines) is 1. The van der Waals surface area contributed by atoms with Gasteiger partial charge in [0.1, 0.15) is 0 Å². The molecule has 2 fully saturated rings. The topological polar surface area (TPSA) is 98.7 Å². The Labute approximate surface area is 117 Å². The van der Waals surface area contributed by atoms with Gasteiger partial charge in [-0.2, -0.15) is 0 Å². The molecule has 1 saturated carbocycles. The highest BCUT2D eigenvalue weighted by Crippen LogP contribution is 2.18. The summed E-state index contributed by atoms with van der Waals surface area (Å²) in [6, 6.07) is 0.329. The Bertz CT molecular complexity index is 387. The van der Waals surface area contributed by atoms with Gasteiger partial charge in [0.25, 0.3) is 0 Å². The second kappa shape index (κ2) is 6.69. The molecule has 0 atom stereocenters. The first-order valence-electron chi connectivity index (χ1n) is 7.07. The van der Waals surface area contributed by atoms with Gasteiger partial charge in [-0.15, -0.1) is 0 Å². The highest BCUT2D eigenvalue weighted by molar-refractivity contribution is 5.81. The fourth-order valence-electron chi connectivity index (χ4n) is 2.28. The number of carboxylic acid groups (broad SMARTS) is 1. The highest BCUT2D eigenvalue weighted by Gasteiger charge is 2.27. The van der Waals surface area contributed by atoms with E-state index in [0.29, 0.717) is 32.0 Å². The molecule has 7 nitrogen and oxygen atoms in total. The zero-order valence-corrected chi connectivity index (χ0v) is 11.4. The molecule has 20 heavy (non-hydrogen) atoms. The van der Waals surface area contributed by atoms with Gasteiger partial charge in [-0.05, 0) is 25.7 Å². The Hall–Kier alpha value is -1.63. The van der Waals surface area contributed by atoms with Gasteiger partial charge in [-0.1, -0.05) is 0 Å². The van der Waals surface area contributed by atoms with E-state index in [1.54, 1.807) is 4.90 Å². The molecule has 2 rings (SSSR count). The van der Waals surface area contributed by atoms with E-state index in [0.717, 1.165) is 12.8 Å². The fourth-order valence-corrected chi connectivity index (χ4v) is 2.28. The normalized spacial score (nSPS) is 19.7. The van der Waals surface area contributed by atoms with Crippen molar-refractivity contribution < 1.29 is 19.5 Å². The summed E-state index contributed by atoms with van der Waals surface area (Å²) in [6.07, 6.45) is 3.10. The molecule has 0 spiro atoms. The van der Waals surface area contributed by atoms with Crippen molar-refractivity contribution in [1.82, 2.24) is 15.5 Å². The number of nitrogens with one attached hydrogen (secondary N) is 2. The number of carbonyl (C=O) groups is 3. The van der Waals surface area contributed by atoms with Crippen LogP contribution in [0.5, 0.6) is 0 Å². The summed E-state index contributed by atoms with van der Waals surface area (Å²) in [4.78, 5) is 35.7. The SMILES string of the molecule is O=C(CNCC(=O)N1CCC(C(=O)O)CC1)NC1CC1. The molecule has 2 amide bonds. The highest BCUT2D eigenvalue weighted by atomic mass is 16.4. The number of carbonyl (C=O) groups excluding carboxylic acids is 2. The summed E-state index contributed by atoms with van der Waals surface area (Å²) in [7, 11) is 0. The minimum absolute atomic E-state index is 0.0759. The number of rotatable bonds is 6. The number of carboxylic acids is 1. The van der Waals surface area contributed by atoms with Gasteiger partial charge in [0, 0.05) is 19.1 Å². The Morgan fingerprint density at radius 3 is 2.25 bits per heavy atom. The second-order valence-electron chi connectivity index (χ2n) is 5.44. The van der Waals surface area contributed by atoms with Crippen molar-refractivity contribution in [3.05, 3.63) is 0 Å². The van der Waals surface area contributed by atoms with Crippen molar-refractivity contribution in [3.63, 3.8) is 0 Å². The lowest BCUT2D eigenvalue weighted by atomic mass is 9.97. The van der Waals surface area contributed by atoms with Crippen LogP contribution in [0.2, 0.25) is 0 Å². The Morgan fingerprint density at radius 1 is 1.05 bits per heavy atom. The largest absolute Gasteiger partial charge is 0.481 e. The summed E-state index contributed by atoms with van der Waals surface area (Å²) >= 11 is 0. The van der Waals surface area contributed by atoms with E-state index in [-0.39, 0.29) is 30.8 Å². The lowest BCUT2D eigenvalue weighted by Gasteiger charge is -2.30. The fraction of sp³-hybridized carbons (Fsp3) is 0.769. The first kappa shape index (κ1) is 14.8. The van der Waals surface area contributed by atoms with Gasteiger partial charge in [0.05, 0.1) is 19.0 Å². The van der Waals surface area contributed by atoms with Crippen molar-refractivity contribution in [1.29, 1.82) is 0 Å². The van der Waals surface area contributed by atoms with Crippen LogP contribution < -0.4 is 10.6 Å². The molecule has 0 aromatic rings. The number of hydrogen-bond donors (Lipinski definition) is 3. The Morgan fingerprint density at radius 2 is 1.70 bits per heavy atom. The molecule has 1 aliphatic heterocycles. The molecule has 0 aromatic carbocycles. The van der Waals surface area contributed by atoms with E-state index >= 15 is 0 Å². The van der Waals surface area contributed by atoms with Gasteiger partial charge in [-0.3, -0.25) is 19.7 Å². The zero-order valence-electron chi connectivity index (χ0n) is 11.4. The average Bonchev–Trinajstić information content (AvgIpc) is 3.22. The molecule has 0 aromatic heterocycles. The van der Waals surface area contributed by atoms with Crippen molar-refractivity contribution in [2.75, 3.05) is 26.2 Å². The predicted octanol–water partition coefficient (Wildman–Crippen LogP) is -0.822. The van der Waals surface area contributed by atoms with E-state index in [2.05, 4.69) is 10.6 Å². The van der Waals surface area contributed by atoms with Gasteiger partial charge < -0.3 is 15.3 Å². The number of nitrogens with zero attached hydrogens (tertiary/aromatic N) is 1. The predicted molar refractivity (Wildman–Crippen MR) is 71.0 cm³/mol. The summed E-state index contributed by atoms with van der Waals surface area (Å²) < 4.78 is 0. The molecular weight excluding hydrogens is 262 g/mol. The summed E-state index contributed by atoms with van der Waals surface area (Å²) in [5.74, 6) is -1.28. The molecule has 2 aliphatic rings. The minimum Gasteiger partial charge on any atom is -0.481 e. The number of hydrogen-bond acceptors (Lipinski definition) is 4. The molecular formula is C13H21N3O4. The molecule has 112 valence electrons. The van der Waals surface area contributed by atoms with Gasteiger partial charge >= 0.3 is 5.97 Å². The number of piperidine rings is 1. The number of amides is 2. The Kier molecular flexibility index (Phi) is 4.94. The number of aliphatic carboxylic acids is 1. The van der Waals surface area contributed by atoms with E-state index in [9.17, 15) is 14.4 Å². The van der Waals surface area contributed by atoms with E-state index in [1.165, 1.54) is 0 Å². The molecule has 1 saturated heterocycles. The molecule has 1 heterocycles. The molecule has 1 aliphatic carbocycles. The second-order valence-corrected chi connectivity index (χ2v) is 5.44. The quantitative estimate of drug-likeness (QED) is 0.591. The van der Waals surface area contributed by atoms with Crippen LogP contribution in [0.3, 0.4) is 0 Å². The summed E-state index contributed by atoms with van der Waals surface area (Å²) in [5.41, 5.74) is 0. The Balaban J connectivity index is 1.60. The van der Waals surface area contributed by atoms with Crippen LogP contribution in [0, 0.1) is 5.92 Å². The zero-order chi connectivity index (χ0) is 14.5. The van der Waals surface area contributed by atoms with Crippen LogP contribution in [0.25, 0.3) is 0 Å². The van der Waals surface area contributed by atoms with Crippen molar-refractivity contribution in [2.24, 2.45) is 5.92 Å². The lowest BCUT2D eigenvalue weighted by Crippen LogP contribution is -2.45. The first-order valence-corrected chi connectivity index (χ1v) is 7.07. The van der Waals surface area contributed by atoms with E-state index in [1.807, 2.05) is 0 Å². The average molecular weight is 283 g/mol. The maximum atomic E-state index is 11.9. The minimum atomic E-state index is -0.785. The molecule has 0 radical (unpaired) electrons. The molecule has 7 heteroatoms. The summed E-state index contributed by atoms with van der Waals surface area (Å²) in [5, 5.41) is 14.5. The van der Waals surface area contributed by atoms with E-state index in [4.69, 9.17) is 5.11 Å². The van der Waals surface area contributed by atoms with Gasteiger partial charge in [0.15, 0.2) is 0 Å². The van der Waals surface area contributed by atoms with Crippen molar-refractivity contribution in [3.8, 4) is 0 Å². The monoisotopic (exact) mass is 283 g/mol. The van der Waals surface area contributed by atoms with Gasteiger partial charge in [-0.25, -0.2) is 0 Å². The van der Waals surface area contributed by atoms with Crippen molar-refractivity contribution >= 4 is 17.8 Å². The van der Waals surface area contributed by atoms with Crippen LogP contribution >= 0.6 is 0 Å².